The van der Waals surface area contributed by atoms with Gasteiger partial charge in [-0.25, -0.2) is 14.2 Å². The lowest BCUT2D eigenvalue weighted by molar-refractivity contribution is 0.0374. The lowest BCUT2D eigenvalue weighted by Gasteiger charge is -2.26. The van der Waals surface area contributed by atoms with Crippen molar-refractivity contribution >= 4 is 29.0 Å². The van der Waals surface area contributed by atoms with Gasteiger partial charge in [0, 0.05) is 38.7 Å². The van der Waals surface area contributed by atoms with Gasteiger partial charge in [-0.1, -0.05) is 12.1 Å². The second kappa shape index (κ2) is 13.2. The molecule has 0 aliphatic carbocycles. The summed E-state index contributed by atoms with van der Waals surface area (Å²) in [6, 6.07) is 5.50. The van der Waals surface area contributed by atoms with Crippen LogP contribution < -0.4 is 10.6 Å². The molecule has 0 spiro atoms. The molecule has 11 heteroatoms. The zero-order chi connectivity index (χ0) is 23.5. The van der Waals surface area contributed by atoms with E-state index in [4.69, 9.17) is 9.47 Å². The van der Waals surface area contributed by atoms with Gasteiger partial charge in [0.05, 0.1) is 32.1 Å². The van der Waals surface area contributed by atoms with Crippen molar-refractivity contribution in [2.24, 2.45) is 0 Å². The molecular weight excluding hydrogens is 449 g/mol. The van der Waals surface area contributed by atoms with Crippen molar-refractivity contribution in [3.05, 3.63) is 46.2 Å². The molecule has 0 unspecified atom stereocenters. The van der Waals surface area contributed by atoms with Gasteiger partial charge in [-0.05, 0) is 25.1 Å². The maximum atomic E-state index is 13.9. The van der Waals surface area contributed by atoms with Crippen LogP contribution in [0.15, 0.2) is 29.6 Å². The van der Waals surface area contributed by atoms with Crippen LogP contribution in [-0.2, 0) is 16.0 Å². The van der Waals surface area contributed by atoms with Crippen molar-refractivity contribution in [2.45, 2.75) is 13.0 Å². The fourth-order valence-corrected chi connectivity index (χ4v) is 4.07. The van der Waals surface area contributed by atoms with Gasteiger partial charge in [-0.2, -0.15) is 0 Å². The molecule has 2 heterocycles. The zero-order valence-corrected chi connectivity index (χ0v) is 19.5. The first kappa shape index (κ1) is 25.0. The number of morpholine rings is 1. The number of carbonyl (C=O) groups excluding carboxylic acids is 2. The number of hydrogen-bond donors (Lipinski definition) is 2. The van der Waals surface area contributed by atoms with Gasteiger partial charge in [0.25, 0.3) is 5.91 Å². The van der Waals surface area contributed by atoms with E-state index >= 15 is 0 Å². The van der Waals surface area contributed by atoms with Crippen LogP contribution in [0.5, 0.6) is 0 Å². The largest absolute Gasteiger partial charge is 0.383 e. The van der Waals surface area contributed by atoms with Crippen LogP contribution in [0.3, 0.4) is 0 Å². The predicted molar refractivity (Wildman–Crippen MR) is 124 cm³/mol. The van der Waals surface area contributed by atoms with E-state index in [1.165, 1.54) is 35.5 Å². The molecule has 33 heavy (non-hydrogen) atoms. The number of hydrogen-bond acceptors (Lipinski definition) is 7. The summed E-state index contributed by atoms with van der Waals surface area (Å²) in [6.45, 7) is 5.62. The SMILES string of the molecule is COCCN(Cc1nc(C(=O)NCCCN2CCOCC2)cs1)C(=O)Nc1ccccc1F. The number of methoxy groups -OCH3 is 1. The number of urea groups is 1. The zero-order valence-electron chi connectivity index (χ0n) is 18.7. The number of anilines is 1. The fourth-order valence-electron chi connectivity index (χ4n) is 3.28. The maximum absolute atomic E-state index is 13.9. The first-order chi connectivity index (χ1) is 16.1. The Kier molecular flexibility index (Phi) is 10.0. The van der Waals surface area contributed by atoms with Crippen LogP contribution in [-0.4, -0.2) is 86.4 Å². The molecule has 0 atom stereocenters. The Labute approximate surface area is 196 Å². The van der Waals surface area contributed by atoms with Crippen LogP contribution in [0.4, 0.5) is 14.9 Å². The van der Waals surface area contributed by atoms with Crippen LogP contribution in [0.1, 0.15) is 21.9 Å². The molecule has 0 radical (unpaired) electrons. The molecule has 1 saturated heterocycles. The van der Waals surface area contributed by atoms with Gasteiger partial charge in [0.15, 0.2) is 0 Å². The minimum atomic E-state index is -0.514. The molecular formula is C22H30FN5O4S. The number of nitrogens with zero attached hydrogens (tertiary/aromatic N) is 3. The van der Waals surface area contributed by atoms with Crippen molar-refractivity contribution < 1.29 is 23.5 Å². The van der Waals surface area contributed by atoms with Gasteiger partial charge in [0.1, 0.15) is 16.5 Å². The highest BCUT2D eigenvalue weighted by atomic mass is 32.1. The van der Waals surface area contributed by atoms with E-state index in [0.717, 1.165) is 39.3 Å². The highest BCUT2D eigenvalue weighted by Crippen LogP contribution is 2.16. The molecule has 1 aromatic heterocycles. The number of halogens is 1. The number of aromatic nitrogens is 1. The summed E-state index contributed by atoms with van der Waals surface area (Å²) in [5.41, 5.74) is 0.420. The number of nitrogens with one attached hydrogen (secondary N) is 2. The third-order valence-corrected chi connectivity index (χ3v) is 5.95. The summed E-state index contributed by atoms with van der Waals surface area (Å²) in [7, 11) is 1.54. The predicted octanol–water partition coefficient (Wildman–Crippen LogP) is 2.41. The van der Waals surface area contributed by atoms with Gasteiger partial charge in [-0.3, -0.25) is 9.69 Å². The lowest BCUT2D eigenvalue weighted by atomic mass is 10.3. The van der Waals surface area contributed by atoms with Crippen molar-refractivity contribution in [2.75, 3.05) is 65.0 Å². The minimum absolute atomic E-state index is 0.0983. The molecule has 3 rings (SSSR count). The average Bonchev–Trinajstić information content (AvgIpc) is 3.30. The molecule has 1 fully saturated rings. The number of para-hydroxylation sites is 1. The van der Waals surface area contributed by atoms with Crippen LogP contribution in [0, 0.1) is 5.82 Å². The molecule has 9 nitrogen and oxygen atoms in total. The number of benzene rings is 1. The summed E-state index contributed by atoms with van der Waals surface area (Å²) in [4.78, 5) is 33.3. The smallest absolute Gasteiger partial charge is 0.322 e. The monoisotopic (exact) mass is 479 g/mol. The van der Waals surface area contributed by atoms with Crippen LogP contribution in [0.2, 0.25) is 0 Å². The van der Waals surface area contributed by atoms with E-state index in [1.807, 2.05) is 0 Å². The second-order valence-electron chi connectivity index (χ2n) is 7.51. The Morgan fingerprint density at radius 1 is 1.30 bits per heavy atom. The van der Waals surface area contributed by atoms with Crippen molar-refractivity contribution in [1.82, 2.24) is 20.1 Å². The van der Waals surface area contributed by atoms with Crippen molar-refractivity contribution in [3.8, 4) is 0 Å². The molecule has 0 bridgehead atoms. The van der Waals surface area contributed by atoms with E-state index in [2.05, 4.69) is 20.5 Å². The van der Waals surface area contributed by atoms with E-state index in [-0.39, 0.29) is 18.1 Å². The Morgan fingerprint density at radius 3 is 2.85 bits per heavy atom. The topological polar surface area (TPSA) is 96.0 Å². The molecule has 0 saturated carbocycles. The Bertz CT molecular complexity index is 906. The Morgan fingerprint density at radius 2 is 2.09 bits per heavy atom. The van der Waals surface area contributed by atoms with Gasteiger partial charge < -0.3 is 25.0 Å². The highest BCUT2D eigenvalue weighted by molar-refractivity contribution is 7.09. The van der Waals surface area contributed by atoms with Gasteiger partial charge >= 0.3 is 6.03 Å². The third kappa shape index (κ3) is 8.04. The van der Waals surface area contributed by atoms with Crippen LogP contribution >= 0.6 is 11.3 Å². The normalized spacial score (nSPS) is 14.1. The molecule has 1 aliphatic rings. The second-order valence-corrected chi connectivity index (χ2v) is 8.46. The lowest BCUT2D eigenvalue weighted by Crippen LogP contribution is -2.38. The first-order valence-electron chi connectivity index (χ1n) is 10.9. The number of carbonyl (C=O) groups is 2. The van der Waals surface area contributed by atoms with Crippen molar-refractivity contribution in [1.29, 1.82) is 0 Å². The van der Waals surface area contributed by atoms with E-state index < -0.39 is 11.8 Å². The van der Waals surface area contributed by atoms with Gasteiger partial charge in [0.2, 0.25) is 0 Å². The summed E-state index contributed by atoms with van der Waals surface area (Å²) < 4.78 is 24.3. The van der Waals surface area contributed by atoms with Gasteiger partial charge in [-0.15, -0.1) is 11.3 Å². The Balaban J connectivity index is 1.50. The van der Waals surface area contributed by atoms with Crippen LogP contribution in [0.25, 0.3) is 0 Å². The summed E-state index contributed by atoms with van der Waals surface area (Å²) in [6.07, 6.45) is 0.851. The quantitative estimate of drug-likeness (QED) is 0.481. The molecule has 1 aliphatic heterocycles. The third-order valence-electron chi connectivity index (χ3n) is 5.12. The summed E-state index contributed by atoms with van der Waals surface area (Å²) in [5, 5.41) is 7.75. The maximum Gasteiger partial charge on any atom is 0.322 e. The fraction of sp³-hybridized carbons (Fsp3) is 0.500. The average molecular weight is 480 g/mol. The minimum Gasteiger partial charge on any atom is -0.383 e. The number of amides is 3. The van der Waals surface area contributed by atoms with E-state index in [0.29, 0.717) is 30.4 Å². The molecule has 2 aromatic rings. The first-order valence-corrected chi connectivity index (χ1v) is 11.8. The summed E-state index contributed by atoms with van der Waals surface area (Å²) >= 11 is 1.30. The Hall–Kier alpha value is -2.60. The molecule has 1 aromatic carbocycles. The van der Waals surface area contributed by atoms with Crippen molar-refractivity contribution in [3.63, 3.8) is 0 Å². The summed E-state index contributed by atoms with van der Waals surface area (Å²) in [5.74, 6) is -0.752. The standard InChI is InChI=1S/C22H30FN5O4S/c1-31-12-11-28(22(30)26-18-6-3-2-5-17(18)23)15-20-25-19(16-33-20)21(29)24-7-4-8-27-9-13-32-14-10-27/h2-3,5-6,16H,4,7-15H2,1H3,(H,24,29)(H,26,30). The number of rotatable bonds is 11. The van der Waals surface area contributed by atoms with E-state index in [9.17, 15) is 14.0 Å². The molecule has 180 valence electrons. The number of ether oxygens (including phenoxy) is 2. The molecule has 2 N–H and O–H groups in total. The van der Waals surface area contributed by atoms with E-state index in [1.54, 1.807) is 17.5 Å². The molecule has 3 amide bonds. The highest BCUT2D eigenvalue weighted by Gasteiger charge is 2.19. The number of thiazole rings is 1.